The Labute approximate surface area is 303 Å². The molecule has 0 aliphatic carbocycles. The predicted octanol–water partition coefficient (Wildman–Crippen LogP) is 0.960. The molecule has 3 heterocycles. The predicted molar refractivity (Wildman–Crippen MR) is 171 cm³/mol. The van der Waals surface area contributed by atoms with Crippen molar-refractivity contribution < 1.29 is 104 Å². The Bertz CT molecular complexity index is 2380. The van der Waals surface area contributed by atoms with Gasteiger partial charge in [-0.25, -0.2) is 19.2 Å². The lowest BCUT2D eigenvalue weighted by atomic mass is 9.91. The number of carbonyl (C=O) groups excluding carboxylic acids is 4. The fourth-order valence-electron chi connectivity index (χ4n) is 6.38. The number of benzene rings is 4. The number of esters is 4. The highest BCUT2D eigenvalue weighted by Crippen LogP contribution is 2.54. The molecule has 3 aliphatic heterocycles. The van der Waals surface area contributed by atoms with Crippen molar-refractivity contribution in [3.63, 3.8) is 0 Å². The lowest BCUT2D eigenvalue weighted by Crippen LogP contribution is -2.62. The van der Waals surface area contributed by atoms with Crippen LogP contribution in [0.15, 0.2) is 30.3 Å². The van der Waals surface area contributed by atoms with E-state index in [1.807, 2.05) is 0 Å². The third kappa shape index (κ3) is 5.49. The molecule has 0 amide bonds. The fraction of sp³-hybridized carbons (Fsp3) is 0.176. The number of rotatable bonds is 0. The third-order valence-corrected chi connectivity index (χ3v) is 8.99. The highest BCUT2D eigenvalue weighted by Gasteiger charge is 2.54. The van der Waals surface area contributed by atoms with E-state index >= 15 is 0 Å². The van der Waals surface area contributed by atoms with Crippen LogP contribution in [0.25, 0.3) is 22.3 Å². The molecule has 2 unspecified atom stereocenters. The Hall–Kier alpha value is -7.52. The summed E-state index contributed by atoms with van der Waals surface area (Å²) in [6.45, 7) is -1.02. The lowest BCUT2D eigenvalue weighted by molar-refractivity contribution is -0.284. The Morgan fingerprint density at radius 3 is 1.31 bits per heavy atom. The van der Waals surface area contributed by atoms with Gasteiger partial charge in [0.25, 0.3) is 0 Å². The maximum atomic E-state index is 14.0. The first-order valence-corrected chi connectivity index (χ1v) is 15.4. The van der Waals surface area contributed by atoms with E-state index in [4.69, 9.17) is 23.7 Å². The maximum absolute atomic E-state index is 14.0. The van der Waals surface area contributed by atoms with Crippen LogP contribution >= 0.6 is 0 Å². The quantitative estimate of drug-likeness (QED) is 0.0673. The molecule has 21 heteroatoms. The Balaban J connectivity index is 1.43. The van der Waals surface area contributed by atoms with Gasteiger partial charge in [0.1, 0.15) is 12.7 Å². The van der Waals surface area contributed by atoms with E-state index in [1.165, 1.54) is 0 Å². The summed E-state index contributed by atoms with van der Waals surface area (Å²) in [6.07, 6.45) is -10.8. The average Bonchev–Trinajstić information content (AvgIpc) is 3.15. The lowest BCUT2D eigenvalue weighted by Gasteiger charge is -2.43. The van der Waals surface area contributed by atoms with Crippen LogP contribution in [-0.2, 0) is 23.7 Å². The van der Waals surface area contributed by atoms with E-state index in [9.17, 15) is 80.5 Å². The minimum absolute atomic E-state index is 0.500. The fourth-order valence-corrected chi connectivity index (χ4v) is 6.38. The van der Waals surface area contributed by atoms with Gasteiger partial charge in [0.2, 0.25) is 17.2 Å². The highest BCUT2D eigenvalue weighted by atomic mass is 16.7. The molecule has 0 spiro atoms. The minimum Gasteiger partial charge on any atom is -0.504 e. The number of cyclic esters (lactones) is 1. The van der Waals surface area contributed by atoms with Gasteiger partial charge in [-0.3, -0.25) is 0 Å². The van der Waals surface area contributed by atoms with Gasteiger partial charge in [-0.2, -0.15) is 0 Å². The van der Waals surface area contributed by atoms with Crippen LogP contribution in [0, 0.1) is 0 Å². The van der Waals surface area contributed by atoms with Gasteiger partial charge in [0.05, 0.1) is 22.3 Å². The van der Waals surface area contributed by atoms with E-state index in [-0.39, 0.29) is 0 Å². The van der Waals surface area contributed by atoms with Crippen LogP contribution in [0.1, 0.15) is 41.4 Å². The van der Waals surface area contributed by atoms with Crippen molar-refractivity contribution >= 4 is 23.9 Å². The molecule has 0 aromatic heterocycles. The molecule has 286 valence electrons. The van der Waals surface area contributed by atoms with Crippen molar-refractivity contribution in [3.8, 4) is 85.5 Å². The molecular weight excluding hydrogens is 744 g/mol. The van der Waals surface area contributed by atoms with Gasteiger partial charge in [-0.05, 0) is 30.3 Å². The van der Waals surface area contributed by atoms with Crippen molar-refractivity contribution in [2.45, 2.75) is 30.7 Å². The zero-order valence-electron chi connectivity index (χ0n) is 27.0. The van der Waals surface area contributed by atoms with Gasteiger partial charge in [0.15, 0.2) is 70.6 Å². The van der Waals surface area contributed by atoms with Crippen molar-refractivity contribution in [2.24, 2.45) is 0 Å². The van der Waals surface area contributed by atoms with Gasteiger partial charge in [-0.1, -0.05) is 0 Å². The second-order valence-electron chi connectivity index (χ2n) is 12.2. The Kier molecular flexibility index (Phi) is 8.19. The molecule has 4 aromatic rings. The number of aromatic hydroxyl groups is 11. The molecule has 4 aromatic carbocycles. The Morgan fingerprint density at radius 2 is 0.800 bits per heavy atom. The second kappa shape index (κ2) is 12.6. The number of fused-ring (bicyclic) bond motifs is 9. The number of hydrogen-bond acceptors (Lipinski definition) is 21. The normalized spacial score (nSPS) is 22.0. The van der Waals surface area contributed by atoms with Gasteiger partial charge in [-0.15, -0.1) is 0 Å². The minimum atomic E-state index is -2.36. The van der Waals surface area contributed by atoms with Crippen LogP contribution in [0.5, 0.6) is 63.2 Å². The molecule has 1 fully saturated rings. The van der Waals surface area contributed by atoms with Crippen LogP contribution in [0.2, 0.25) is 0 Å². The first-order valence-electron chi connectivity index (χ1n) is 15.4. The van der Waals surface area contributed by atoms with Crippen LogP contribution < -0.4 is 0 Å². The van der Waals surface area contributed by atoms with Gasteiger partial charge in [0, 0.05) is 22.3 Å². The summed E-state index contributed by atoms with van der Waals surface area (Å²) < 4.78 is 27.3. The topological polar surface area (TPSA) is 357 Å². The SMILES string of the molecule is O=C1O[C@H]2C(COC(=O)c3cc(O)c(O)c(O)c3-c3cc(O)c(O)cc31)OC(O)[C@H]1OC(=O)c3cc(O)c(O)c(O)c3-c3c(cc(O)c(O)c3O)C(=O)O[C@@H]12. The van der Waals surface area contributed by atoms with E-state index in [0.29, 0.717) is 30.3 Å². The molecule has 21 nitrogen and oxygen atoms in total. The summed E-state index contributed by atoms with van der Waals surface area (Å²) >= 11 is 0. The Morgan fingerprint density at radius 1 is 0.418 bits per heavy atom. The number of ether oxygens (including phenoxy) is 5. The molecule has 12 N–H and O–H groups in total. The zero-order valence-corrected chi connectivity index (χ0v) is 27.0. The number of hydrogen-bond donors (Lipinski definition) is 12. The molecule has 3 aliphatic rings. The molecule has 1 saturated heterocycles. The standard InChI is InChI=1S/C34H24O21/c35-12-1-7-8(2-13(12)36)31(47)53-27-17(6-51-30(46)9-3-14(37)21(40)24(43)18(7)9)52-34(50)29-28(27)54-32(48)10-4-15(38)22(41)25(44)19(10)20-11(33(49)55-29)5-16(39)23(42)26(20)45/h1-5,17,27-29,34-45,50H,6H2/t17?,27-,28+,29-,34?/m0/s1. The molecule has 0 radical (unpaired) electrons. The number of phenolic OH excluding ortho intramolecular Hbond substituents is 11. The first-order chi connectivity index (χ1) is 25.9. The van der Waals surface area contributed by atoms with Crippen LogP contribution in [-0.4, -0.2) is 122 Å². The van der Waals surface area contributed by atoms with Crippen molar-refractivity contribution in [2.75, 3.05) is 6.61 Å². The van der Waals surface area contributed by atoms with Crippen molar-refractivity contribution in [3.05, 3.63) is 52.6 Å². The number of phenols is 11. The van der Waals surface area contributed by atoms with Gasteiger partial charge < -0.3 is 85.0 Å². The molecule has 0 saturated carbocycles. The summed E-state index contributed by atoms with van der Waals surface area (Å²) in [5.41, 5.74) is -6.63. The van der Waals surface area contributed by atoms with Crippen LogP contribution in [0.4, 0.5) is 0 Å². The number of aliphatic hydroxyl groups is 1. The average molecular weight is 769 g/mol. The number of carbonyl (C=O) groups is 4. The van der Waals surface area contributed by atoms with E-state index in [1.54, 1.807) is 0 Å². The largest absolute Gasteiger partial charge is 0.504 e. The summed E-state index contributed by atoms with van der Waals surface area (Å²) in [5, 5.41) is 126. The first kappa shape index (κ1) is 35.9. The molecule has 0 bridgehead atoms. The monoisotopic (exact) mass is 768 g/mol. The van der Waals surface area contributed by atoms with Gasteiger partial charge >= 0.3 is 23.9 Å². The van der Waals surface area contributed by atoms with E-state index in [2.05, 4.69) is 0 Å². The summed E-state index contributed by atoms with van der Waals surface area (Å²) in [6, 6.07) is 2.91. The summed E-state index contributed by atoms with van der Waals surface area (Å²) in [4.78, 5) is 55.2. The van der Waals surface area contributed by atoms with Crippen molar-refractivity contribution in [1.82, 2.24) is 0 Å². The molecule has 55 heavy (non-hydrogen) atoms. The van der Waals surface area contributed by atoms with E-state index in [0.717, 1.165) is 0 Å². The molecule has 5 atom stereocenters. The van der Waals surface area contributed by atoms with Crippen LogP contribution in [0.3, 0.4) is 0 Å². The molecule has 7 rings (SSSR count). The molecular formula is C34H24O21. The zero-order chi connectivity index (χ0) is 39.9. The number of aliphatic hydroxyl groups excluding tert-OH is 1. The highest BCUT2D eigenvalue weighted by molar-refractivity contribution is 6.09. The third-order valence-electron chi connectivity index (χ3n) is 8.99. The second-order valence-corrected chi connectivity index (χ2v) is 12.2. The van der Waals surface area contributed by atoms with Crippen molar-refractivity contribution in [1.29, 1.82) is 0 Å². The smallest absolute Gasteiger partial charge is 0.339 e. The summed E-state index contributed by atoms with van der Waals surface area (Å²) in [5.74, 6) is -19.1. The summed E-state index contributed by atoms with van der Waals surface area (Å²) in [7, 11) is 0. The maximum Gasteiger partial charge on any atom is 0.339 e. The van der Waals surface area contributed by atoms with E-state index < -0.39 is 169 Å².